The molecule has 0 aromatic carbocycles. The SMILES string of the molecule is O=C(C1CC2CNCC2C1)N1CCCC1CO. The number of carbonyl (C=O) groups is 1. The van der Waals surface area contributed by atoms with Crippen molar-refractivity contribution in [2.24, 2.45) is 17.8 Å². The molecule has 3 unspecified atom stereocenters. The minimum absolute atomic E-state index is 0.0982. The van der Waals surface area contributed by atoms with Crippen molar-refractivity contribution >= 4 is 5.91 Å². The molecule has 96 valence electrons. The molecule has 17 heavy (non-hydrogen) atoms. The highest BCUT2D eigenvalue weighted by Crippen LogP contribution is 2.40. The van der Waals surface area contributed by atoms with Gasteiger partial charge < -0.3 is 15.3 Å². The topological polar surface area (TPSA) is 52.6 Å². The molecule has 3 rings (SSSR count). The highest BCUT2D eigenvalue weighted by Gasteiger charge is 2.43. The van der Waals surface area contributed by atoms with Crippen molar-refractivity contribution in [2.45, 2.75) is 31.7 Å². The molecule has 2 heterocycles. The molecule has 1 amide bonds. The molecule has 3 aliphatic rings. The van der Waals surface area contributed by atoms with Crippen molar-refractivity contribution in [3.63, 3.8) is 0 Å². The summed E-state index contributed by atoms with van der Waals surface area (Å²) in [6.45, 7) is 3.18. The standard InChI is InChI=1S/C13H22N2O2/c16-8-12-2-1-3-15(12)13(17)9-4-10-6-14-7-11(10)5-9/h9-12,14,16H,1-8H2. The van der Waals surface area contributed by atoms with E-state index in [1.165, 1.54) is 0 Å². The second-order valence-corrected chi connectivity index (χ2v) is 5.86. The van der Waals surface area contributed by atoms with E-state index >= 15 is 0 Å². The van der Waals surface area contributed by atoms with Crippen LogP contribution >= 0.6 is 0 Å². The summed E-state index contributed by atoms with van der Waals surface area (Å²) in [6, 6.07) is 0.0982. The molecule has 0 aromatic heterocycles. The van der Waals surface area contributed by atoms with Crippen LogP contribution in [0.25, 0.3) is 0 Å². The lowest BCUT2D eigenvalue weighted by Crippen LogP contribution is -2.41. The average molecular weight is 238 g/mol. The van der Waals surface area contributed by atoms with Crippen molar-refractivity contribution in [1.29, 1.82) is 0 Å². The average Bonchev–Trinajstić information content (AvgIpc) is 3.02. The Morgan fingerprint density at radius 2 is 2.00 bits per heavy atom. The first-order valence-corrected chi connectivity index (χ1v) is 6.91. The van der Waals surface area contributed by atoms with Gasteiger partial charge in [-0.25, -0.2) is 0 Å². The maximum absolute atomic E-state index is 12.4. The zero-order valence-electron chi connectivity index (χ0n) is 10.3. The van der Waals surface area contributed by atoms with Gasteiger partial charge in [0.1, 0.15) is 0 Å². The molecular formula is C13H22N2O2. The third-order valence-corrected chi connectivity index (χ3v) is 4.87. The molecule has 0 bridgehead atoms. The van der Waals surface area contributed by atoms with E-state index in [4.69, 9.17) is 0 Å². The number of nitrogens with one attached hydrogen (secondary N) is 1. The van der Waals surface area contributed by atoms with Gasteiger partial charge in [-0.05, 0) is 50.6 Å². The lowest BCUT2D eigenvalue weighted by Gasteiger charge is -2.26. The number of hydrogen-bond acceptors (Lipinski definition) is 3. The summed E-state index contributed by atoms with van der Waals surface area (Å²) in [5.41, 5.74) is 0. The summed E-state index contributed by atoms with van der Waals surface area (Å²) in [6.07, 6.45) is 4.15. The number of rotatable bonds is 2. The summed E-state index contributed by atoms with van der Waals surface area (Å²) in [5.74, 6) is 1.99. The maximum Gasteiger partial charge on any atom is 0.226 e. The summed E-state index contributed by atoms with van der Waals surface area (Å²) >= 11 is 0. The highest BCUT2D eigenvalue weighted by molar-refractivity contribution is 5.79. The number of aliphatic hydroxyl groups excluding tert-OH is 1. The number of hydrogen-bond donors (Lipinski definition) is 2. The molecule has 4 nitrogen and oxygen atoms in total. The lowest BCUT2D eigenvalue weighted by atomic mass is 10.0. The normalized spacial score (nSPS) is 40.9. The van der Waals surface area contributed by atoms with Gasteiger partial charge in [-0.15, -0.1) is 0 Å². The Kier molecular flexibility index (Phi) is 3.09. The Labute approximate surface area is 102 Å². The summed E-state index contributed by atoms with van der Waals surface area (Å²) in [5, 5.41) is 12.7. The summed E-state index contributed by atoms with van der Waals surface area (Å²) in [7, 11) is 0. The first kappa shape index (κ1) is 11.5. The van der Waals surface area contributed by atoms with Crippen LogP contribution in [0, 0.1) is 17.8 Å². The van der Waals surface area contributed by atoms with E-state index in [0.29, 0.717) is 5.91 Å². The predicted molar refractivity (Wildman–Crippen MR) is 64.4 cm³/mol. The number of carbonyl (C=O) groups excluding carboxylic acids is 1. The van der Waals surface area contributed by atoms with Crippen molar-refractivity contribution in [3.8, 4) is 0 Å². The molecule has 2 aliphatic heterocycles. The second kappa shape index (κ2) is 4.58. The van der Waals surface area contributed by atoms with E-state index in [2.05, 4.69) is 5.32 Å². The fourth-order valence-corrected chi connectivity index (χ4v) is 3.92. The minimum atomic E-state index is 0.0982. The van der Waals surface area contributed by atoms with E-state index < -0.39 is 0 Å². The molecule has 0 spiro atoms. The Bertz CT molecular complexity index is 296. The van der Waals surface area contributed by atoms with E-state index in [1.807, 2.05) is 4.90 Å². The van der Waals surface area contributed by atoms with Crippen LogP contribution in [0.3, 0.4) is 0 Å². The smallest absolute Gasteiger partial charge is 0.226 e. The zero-order chi connectivity index (χ0) is 11.8. The van der Waals surface area contributed by atoms with Gasteiger partial charge in [0, 0.05) is 12.5 Å². The summed E-state index contributed by atoms with van der Waals surface area (Å²) < 4.78 is 0. The van der Waals surface area contributed by atoms with Crippen LogP contribution in [0.4, 0.5) is 0 Å². The van der Waals surface area contributed by atoms with E-state index in [9.17, 15) is 9.90 Å². The van der Waals surface area contributed by atoms with Gasteiger partial charge in [-0.2, -0.15) is 0 Å². The van der Waals surface area contributed by atoms with Crippen molar-refractivity contribution in [2.75, 3.05) is 26.2 Å². The van der Waals surface area contributed by atoms with Crippen LogP contribution in [-0.2, 0) is 4.79 Å². The molecule has 4 heteroatoms. The Hall–Kier alpha value is -0.610. The first-order chi connectivity index (χ1) is 8.29. The van der Waals surface area contributed by atoms with Crippen LogP contribution in [-0.4, -0.2) is 48.2 Å². The van der Waals surface area contributed by atoms with E-state index in [-0.39, 0.29) is 18.6 Å². The number of aliphatic hydroxyl groups is 1. The number of nitrogens with zero attached hydrogens (tertiary/aromatic N) is 1. The third kappa shape index (κ3) is 1.97. The van der Waals surface area contributed by atoms with Crippen LogP contribution in [0.15, 0.2) is 0 Å². The largest absolute Gasteiger partial charge is 0.394 e. The molecular weight excluding hydrogens is 216 g/mol. The molecule has 2 saturated heterocycles. The molecule has 3 atom stereocenters. The quantitative estimate of drug-likeness (QED) is 0.723. The molecule has 0 radical (unpaired) electrons. The van der Waals surface area contributed by atoms with Gasteiger partial charge in [0.05, 0.1) is 12.6 Å². The number of fused-ring (bicyclic) bond motifs is 1. The van der Waals surface area contributed by atoms with Crippen molar-refractivity contribution in [1.82, 2.24) is 10.2 Å². The van der Waals surface area contributed by atoms with Gasteiger partial charge in [-0.1, -0.05) is 0 Å². The van der Waals surface area contributed by atoms with Gasteiger partial charge in [0.2, 0.25) is 5.91 Å². The molecule has 0 aromatic rings. The van der Waals surface area contributed by atoms with E-state index in [0.717, 1.165) is 57.2 Å². The Morgan fingerprint density at radius 1 is 1.29 bits per heavy atom. The first-order valence-electron chi connectivity index (χ1n) is 6.91. The minimum Gasteiger partial charge on any atom is -0.394 e. The summed E-state index contributed by atoms with van der Waals surface area (Å²) in [4.78, 5) is 14.4. The fraction of sp³-hybridized carbons (Fsp3) is 0.923. The molecule has 2 N–H and O–H groups in total. The van der Waals surface area contributed by atoms with Crippen LogP contribution in [0.2, 0.25) is 0 Å². The van der Waals surface area contributed by atoms with Gasteiger partial charge in [0.15, 0.2) is 0 Å². The molecule has 1 aliphatic carbocycles. The zero-order valence-corrected chi connectivity index (χ0v) is 10.3. The second-order valence-electron chi connectivity index (χ2n) is 5.86. The van der Waals surface area contributed by atoms with Crippen LogP contribution < -0.4 is 5.32 Å². The van der Waals surface area contributed by atoms with Gasteiger partial charge in [-0.3, -0.25) is 4.79 Å². The maximum atomic E-state index is 12.4. The highest BCUT2D eigenvalue weighted by atomic mass is 16.3. The predicted octanol–water partition coefficient (Wildman–Crippen LogP) is 0.215. The number of amides is 1. The van der Waals surface area contributed by atoms with Gasteiger partial charge in [0.25, 0.3) is 0 Å². The van der Waals surface area contributed by atoms with Crippen molar-refractivity contribution < 1.29 is 9.90 Å². The molecule has 1 saturated carbocycles. The molecule has 3 fully saturated rings. The fourth-order valence-electron chi connectivity index (χ4n) is 3.92. The van der Waals surface area contributed by atoms with Gasteiger partial charge >= 0.3 is 0 Å². The van der Waals surface area contributed by atoms with E-state index in [1.54, 1.807) is 0 Å². The monoisotopic (exact) mass is 238 g/mol. The van der Waals surface area contributed by atoms with Crippen LogP contribution in [0.1, 0.15) is 25.7 Å². The van der Waals surface area contributed by atoms with Crippen LogP contribution in [0.5, 0.6) is 0 Å². The Balaban J connectivity index is 1.63. The number of likely N-dealkylation sites (tertiary alicyclic amines) is 1. The van der Waals surface area contributed by atoms with Crippen molar-refractivity contribution in [3.05, 3.63) is 0 Å². The lowest BCUT2D eigenvalue weighted by molar-refractivity contribution is -0.137. The third-order valence-electron chi connectivity index (χ3n) is 4.87. The Morgan fingerprint density at radius 3 is 2.65 bits per heavy atom.